The lowest BCUT2D eigenvalue weighted by Gasteiger charge is -2.42. The van der Waals surface area contributed by atoms with Crippen LogP contribution in [0.4, 0.5) is 16.2 Å². The van der Waals surface area contributed by atoms with E-state index in [9.17, 15) is 9.59 Å². The number of anilines is 2. The maximum Gasteiger partial charge on any atom is 0.410 e. The van der Waals surface area contributed by atoms with Crippen molar-refractivity contribution < 1.29 is 14.3 Å². The average Bonchev–Trinajstić information content (AvgIpc) is 2.59. The predicted molar refractivity (Wildman–Crippen MR) is 96.3 cm³/mol. The van der Waals surface area contributed by atoms with Gasteiger partial charge in [0.2, 0.25) is 5.91 Å². The molecule has 1 fully saturated rings. The molecule has 2 amide bonds. The standard InChI is InChI=1S/C17H22BrN3O3/c1-17(2,3)24-16(23)20-6-7-21-12(10-20)9-15(22)19-13-8-11(18)4-5-14(13)21/h4-5,8,12H,6-7,9-10H2,1-3H3,(H,19,22). The number of carbonyl (C=O) groups is 2. The second-order valence-corrected chi connectivity index (χ2v) is 8.10. The fourth-order valence-corrected chi connectivity index (χ4v) is 3.47. The zero-order valence-corrected chi connectivity index (χ0v) is 15.7. The van der Waals surface area contributed by atoms with Crippen molar-refractivity contribution in [2.24, 2.45) is 0 Å². The number of fused-ring (bicyclic) bond motifs is 3. The number of amides is 2. The van der Waals surface area contributed by atoms with E-state index in [2.05, 4.69) is 26.1 Å². The van der Waals surface area contributed by atoms with Gasteiger partial charge in [-0.25, -0.2) is 4.79 Å². The van der Waals surface area contributed by atoms with Gasteiger partial charge in [0.15, 0.2) is 0 Å². The highest BCUT2D eigenvalue weighted by Gasteiger charge is 2.35. The monoisotopic (exact) mass is 395 g/mol. The van der Waals surface area contributed by atoms with Crippen molar-refractivity contribution in [2.75, 3.05) is 29.9 Å². The summed E-state index contributed by atoms with van der Waals surface area (Å²) in [6.45, 7) is 7.30. The molecule has 130 valence electrons. The van der Waals surface area contributed by atoms with E-state index in [1.807, 2.05) is 39.0 Å². The summed E-state index contributed by atoms with van der Waals surface area (Å²) in [6.07, 6.45) is 0.0360. The molecule has 0 aromatic heterocycles. The Labute approximate surface area is 150 Å². The number of hydrogen-bond donors (Lipinski definition) is 1. The maximum absolute atomic E-state index is 12.3. The SMILES string of the molecule is CC(C)(C)OC(=O)N1CCN2c3ccc(Br)cc3NC(=O)CC2C1. The third kappa shape index (κ3) is 3.66. The Balaban J connectivity index is 1.81. The molecule has 0 bridgehead atoms. The van der Waals surface area contributed by atoms with Gasteiger partial charge in [0.25, 0.3) is 0 Å². The smallest absolute Gasteiger partial charge is 0.410 e. The van der Waals surface area contributed by atoms with E-state index < -0.39 is 5.60 Å². The molecule has 2 heterocycles. The molecule has 2 aliphatic rings. The van der Waals surface area contributed by atoms with Crippen LogP contribution in [0.3, 0.4) is 0 Å². The zero-order valence-electron chi connectivity index (χ0n) is 14.1. The van der Waals surface area contributed by atoms with Crippen LogP contribution in [0.1, 0.15) is 27.2 Å². The summed E-state index contributed by atoms with van der Waals surface area (Å²) in [7, 11) is 0. The number of nitrogens with one attached hydrogen (secondary N) is 1. The molecule has 2 aliphatic heterocycles. The van der Waals surface area contributed by atoms with E-state index in [-0.39, 0.29) is 18.0 Å². The van der Waals surface area contributed by atoms with E-state index in [0.717, 1.165) is 15.8 Å². The fraction of sp³-hybridized carbons (Fsp3) is 0.529. The van der Waals surface area contributed by atoms with Crippen LogP contribution in [0.15, 0.2) is 22.7 Å². The van der Waals surface area contributed by atoms with Crippen LogP contribution in [0, 0.1) is 0 Å². The Kier molecular flexibility index (Phi) is 4.46. The molecular formula is C17H22BrN3O3. The largest absolute Gasteiger partial charge is 0.444 e. The molecule has 0 aliphatic carbocycles. The number of nitrogens with zero attached hydrogens (tertiary/aromatic N) is 2. The van der Waals surface area contributed by atoms with Gasteiger partial charge in [-0.1, -0.05) is 15.9 Å². The van der Waals surface area contributed by atoms with Crippen LogP contribution in [0.5, 0.6) is 0 Å². The van der Waals surface area contributed by atoms with Crippen molar-refractivity contribution in [1.29, 1.82) is 0 Å². The molecule has 1 aromatic carbocycles. The minimum absolute atomic E-state index is 0.0344. The second kappa shape index (κ2) is 6.27. The van der Waals surface area contributed by atoms with Gasteiger partial charge in [0.1, 0.15) is 5.60 Å². The lowest BCUT2D eigenvalue weighted by Crippen LogP contribution is -2.55. The van der Waals surface area contributed by atoms with Crippen LogP contribution < -0.4 is 10.2 Å². The van der Waals surface area contributed by atoms with Gasteiger partial charge in [0, 0.05) is 30.5 Å². The maximum atomic E-state index is 12.3. The first-order valence-corrected chi connectivity index (χ1v) is 8.86. The summed E-state index contributed by atoms with van der Waals surface area (Å²) < 4.78 is 6.39. The van der Waals surface area contributed by atoms with E-state index in [1.165, 1.54) is 0 Å². The predicted octanol–water partition coefficient (Wildman–Crippen LogP) is 3.22. The Hall–Kier alpha value is -1.76. The molecule has 1 aromatic rings. The van der Waals surface area contributed by atoms with E-state index in [4.69, 9.17) is 4.74 Å². The van der Waals surface area contributed by atoms with E-state index >= 15 is 0 Å². The summed E-state index contributed by atoms with van der Waals surface area (Å²) >= 11 is 3.44. The molecule has 1 atom stereocenters. The molecule has 6 nitrogen and oxygen atoms in total. The normalized spacial score (nSPS) is 20.7. The van der Waals surface area contributed by atoms with Crippen molar-refractivity contribution in [3.05, 3.63) is 22.7 Å². The molecule has 3 rings (SSSR count). The molecule has 24 heavy (non-hydrogen) atoms. The number of rotatable bonds is 0. The topological polar surface area (TPSA) is 61.9 Å². The summed E-state index contributed by atoms with van der Waals surface area (Å²) in [6, 6.07) is 5.83. The highest BCUT2D eigenvalue weighted by Crippen LogP contribution is 2.35. The molecule has 7 heteroatoms. The molecule has 1 unspecified atom stereocenters. The number of hydrogen-bond acceptors (Lipinski definition) is 4. The summed E-state index contributed by atoms with van der Waals surface area (Å²) in [5, 5.41) is 2.96. The molecular weight excluding hydrogens is 374 g/mol. The van der Waals surface area contributed by atoms with Crippen molar-refractivity contribution >= 4 is 39.3 Å². The number of carbonyl (C=O) groups excluding carboxylic acids is 2. The van der Waals surface area contributed by atoms with Gasteiger partial charge in [-0.05, 0) is 39.0 Å². The highest BCUT2D eigenvalue weighted by atomic mass is 79.9. The first-order valence-electron chi connectivity index (χ1n) is 8.07. The Morgan fingerprint density at radius 2 is 2.08 bits per heavy atom. The zero-order chi connectivity index (χ0) is 17.5. The van der Waals surface area contributed by atoms with Crippen LogP contribution in [0.2, 0.25) is 0 Å². The molecule has 0 radical (unpaired) electrons. The van der Waals surface area contributed by atoms with E-state index in [1.54, 1.807) is 4.90 Å². The summed E-state index contributed by atoms with van der Waals surface area (Å²) in [4.78, 5) is 28.5. The number of benzene rings is 1. The van der Waals surface area contributed by atoms with Crippen LogP contribution in [-0.2, 0) is 9.53 Å². The van der Waals surface area contributed by atoms with Crippen LogP contribution in [-0.4, -0.2) is 48.2 Å². The van der Waals surface area contributed by atoms with E-state index in [0.29, 0.717) is 26.1 Å². The van der Waals surface area contributed by atoms with Crippen LogP contribution in [0.25, 0.3) is 0 Å². The van der Waals surface area contributed by atoms with Crippen molar-refractivity contribution in [2.45, 2.75) is 38.8 Å². The third-order valence-electron chi connectivity index (χ3n) is 4.10. The van der Waals surface area contributed by atoms with Crippen molar-refractivity contribution in [3.8, 4) is 0 Å². The van der Waals surface area contributed by atoms with Crippen LogP contribution >= 0.6 is 15.9 Å². The minimum atomic E-state index is -0.520. The second-order valence-electron chi connectivity index (χ2n) is 7.19. The Morgan fingerprint density at radius 1 is 1.33 bits per heavy atom. The first-order chi connectivity index (χ1) is 11.2. The molecule has 0 spiro atoms. The minimum Gasteiger partial charge on any atom is -0.444 e. The molecule has 0 saturated carbocycles. The van der Waals surface area contributed by atoms with Gasteiger partial charge in [-0.15, -0.1) is 0 Å². The van der Waals surface area contributed by atoms with Gasteiger partial charge in [-0.2, -0.15) is 0 Å². The number of halogens is 1. The lowest BCUT2D eigenvalue weighted by atomic mass is 10.1. The molecule has 1 saturated heterocycles. The molecule has 1 N–H and O–H groups in total. The quantitative estimate of drug-likeness (QED) is 0.732. The highest BCUT2D eigenvalue weighted by molar-refractivity contribution is 9.10. The van der Waals surface area contributed by atoms with Crippen molar-refractivity contribution in [3.63, 3.8) is 0 Å². The Morgan fingerprint density at radius 3 is 2.79 bits per heavy atom. The number of piperazine rings is 1. The third-order valence-corrected chi connectivity index (χ3v) is 4.59. The van der Waals surface area contributed by atoms with Gasteiger partial charge < -0.3 is 19.9 Å². The summed E-state index contributed by atoms with van der Waals surface area (Å²) in [5.74, 6) is -0.0344. The number of ether oxygens (including phenoxy) is 1. The lowest BCUT2D eigenvalue weighted by molar-refractivity contribution is -0.116. The van der Waals surface area contributed by atoms with Gasteiger partial charge in [0.05, 0.1) is 17.4 Å². The first kappa shape index (κ1) is 17.1. The van der Waals surface area contributed by atoms with Crippen molar-refractivity contribution in [1.82, 2.24) is 4.90 Å². The van der Waals surface area contributed by atoms with Gasteiger partial charge in [-0.3, -0.25) is 4.79 Å². The fourth-order valence-electron chi connectivity index (χ4n) is 3.11. The Bertz CT molecular complexity index is 672. The van der Waals surface area contributed by atoms with Gasteiger partial charge >= 0.3 is 6.09 Å². The average molecular weight is 396 g/mol. The summed E-state index contributed by atoms with van der Waals surface area (Å²) in [5.41, 5.74) is 1.29.